The lowest BCUT2D eigenvalue weighted by atomic mass is 10.1. The molecule has 162 valence electrons. The van der Waals surface area contributed by atoms with Gasteiger partial charge in [0.2, 0.25) is 5.91 Å². The summed E-state index contributed by atoms with van der Waals surface area (Å²) in [4.78, 5) is 11.8. The quantitative estimate of drug-likeness (QED) is 0.220. The van der Waals surface area contributed by atoms with Gasteiger partial charge >= 0.3 is 0 Å². The molecule has 0 unspecified atom stereocenters. The van der Waals surface area contributed by atoms with Gasteiger partial charge < -0.3 is 20.1 Å². The summed E-state index contributed by atoms with van der Waals surface area (Å²) in [5.74, 6) is -0.00153. The van der Waals surface area contributed by atoms with Crippen LogP contribution >= 0.6 is 0 Å². The molecular weight excluding hydrogens is 340 g/mol. The van der Waals surface area contributed by atoms with E-state index in [0.717, 1.165) is 13.0 Å². The van der Waals surface area contributed by atoms with Crippen LogP contribution in [0.15, 0.2) is 0 Å². The van der Waals surface area contributed by atoms with Crippen molar-refractivity contribution in [3.05, 3.63) is 0 Å². The number of carbonyl (C=O) groups excluding carboxylic acids is 1. The molecule has 0 heterocycles. The van der Waals surface area contributed by atoms with Gasteiger partial charge in [0, 0.05) is 13.2 Å². The van der Waals surface area contributed by atoms with E-state index in [2.05, 4.69) is 17.6 Å². The second-order valence-corrected chi connectivity index (χ2v) is 7.21. The van der Waals surface area contributed by atoms with Crippen LogP contribution in [0, 0.1) is 0 Å². The molecule has 0 aromatic carbocycles. The van der Waals surface area contributed by atoms with Crippen LogP contribution in [0.5, 0.6) is 0 Å². The minimum absolute atomic E-state index is 0.00153. The molecule has 0 rings (SSSR count). The minimum Gasteiger partial charge on any atom is -0.351 e. The molecule has 0 aliphatic carbocycles. The van der Waals surface area contributed by atoms with E-state index < -0.39 is 0 Å². The largest absolute Gasteiger partial charge is 0.351 e. The molecule has 0 spiro atoms. The van der Waals surface area contributed by atoms with Crippen molar-refractivity contribution in [1.82, 2.24) is 10.6 Å². The fraction of sp³-hybridized carbons (Fsp3) is 0.955. The molecule has 2 N–H and O–H groups in total. The molecule has 0 saturated heterocycles. The highest BCUT2D eigenvalue weighted by Crippen LogP contribution is 2.11. The van der Waals surface area contributed by atoms with E-state index in [-0.39, 0.29) is 12.2 Å². The Morgan fingerprint density at radius 2 is 1.22 bits per heavy atom. The number of hydrogen-bond donors (Lipinski definition) is 2. The molecule has 0 aromatic heterocycles. The van der Waals surface area contributed by atoms with Crippen molar-refractivity contribution >= 4 is 5.91 Å². The summed E-state index contributed by atoms with van der Waals surface area (Å²) in [6.45, 7) is 8.95. The van der Waals surface area contributed by atoms with Gasteiger partial charge in [0.25, 0.3) is 0 Å². The summed E-state index contributed by atoms with van der Waals surface area (Å²) < 4.78 is 10.8. The van der Waals surface area contributed by atoms with Crippen LogP contribution < -0.4 is 10.6 Å². The molecule has 5 heteroatoms. The molecule has 0 bridgehead atoms. The Morgan fingerprint density at radius 1 is 0.741 bits per heavy atom. The van der Waals surface area contributed by atoms with Crippen molar-refractivity contribution in [2.75, 3.05) is 32.8 Å². The first kappa shape index (κ1) is 26.4. The Bertz CT molecular complexity index is 308. The first-order valence-corrected chi connectivity index (χ1v) is 11.4. The number of rotatable bonds is 21. The van der Waals surface area contributed by atoms with E-state index in [1.165, 1.54) is 70.6 Å². The number of hydrogen-bond acceptors (Lipinski definition) is 4. The number of ether oxygens (including phenoxy) is 2. The van der Waals surface area contributed by atoms with Gasteiger partial charge in [0.15, 0.2) is 6.29 Å². The molecule has 0 aliphatic rings. The third kappa shape index (κ3) is 19.9. The highest BCUT2D eigenvalue weighted by Gasteiger charge is 2.09. The van der Waals surface area contributed by atoms with E-state index in [1.807, 2.05) is 13.8 Å². The number of nitrogens with one attached hydrogen (secondary N) is 2. The topological polar surface area (TPSA) is 59.6 Å². The summed E-state index contributed by atoms with van der Waals surface area (Å²) in [5, 5.41) is 6.06. The molecular formula is C22H46N2O3. The molecule has 5 nitrogen and oxygen atoms in total. The first-order chi connectivity index (χ1) is 13.2. The Balaban J connectivity index is 3.30. The third-order valence-corrected chi connectivity index (χ3v) is 4.66. The van der Waals surface area contributed by atoms with E-state index in [4.69, 9.17) is 9.47 Å². The summed E-state index contributed by atoms with van der Waals surface area (Å²) in [6, 6.07) is 0. The second kappa shape index (κ2) is 21.6. The molecule has 0 atom stereocenters. The van der Waals surface area contributed by atoms with Gasteiger partial charge in [-0.3, -0.25) is 4.79 Å². The van der Waals surface area contributed by atoms with Crippen molar-refractivity contribution in [2.24, 2.45) is 0 Å². The monoisotopic (exact) mass is 386 g/mol. The van der Waals surface area contributed by atoms with Gasteiger partial charge in [-0.05, 0) is 26.8 Å². The highest BCUT2D eigenvalue weighted by molar-refractivity contribution is 5.77. The smallest absolute Gasteiger partial charge is 0.234 e. The van der Waals surface area contributed by atoms with Gasteiger partial charge in [-0.15, -0.1) is 0 Å². The van der Waals surface area contributed by atoms with Crippen molar-refractivity contribution in [2.45, 2.75) is 104 Å². The Kier molecular flexibility index (Phi) is 21.1. The molecule has 0 saturated carbocycles. The highest BCUT2D eigenvalue weighted by atomic mass is 16.7. The van der Waals surface area contributed by atoms with Gasteiger partial charge in [-0.1, -0.05) is 77.6 Å². The average molecular weight is 387 g/mol. The Labute approximate surface area is 168 Å². The van der Waals surface area contributed by atoms with Crippen LogP contribution in [0.1, 0.15) is 97.8 Å². The van der Waals surface area contributed by atoms with Crippen LogP contribution in [-0.4, -0.2) is 45.0 Å². The third-order valence-electron chi connectivity index (χ3n) is 4.66. The van der Waals surface area contributed by atoms with Crippen molar-refractivity contribution in [1.29, 1.82) is 0 Å². The SMILES string of the molecule is CCCCCCCCCCCCCCNCC(=O)NCC(OCC)OCC. The summed E-state index contributed by atoms with van der Waals surface area (Å²) in [7, 11) is 0. The maximum Gasteiger partial charge on any atom is 0.234 e. The van der Waals surface area contributed by atoms with E-state index in [1.54, 1.807) is 0 Å². The molecule has 27 heavy (non-hydrogen) atoms. The molecule has 1 amide bonds. The Hall–Kier alpha value is -0.650. The molecule has 0 aliphatic heterocycles. The number of amides is 1. The zero-order valence-electron chi connectivity index (χ0n) is 18.3. The van der Waals surface area contributed by atoms with Crippen LogP contribution in [0.3, 0.4) is 0 Å². The maximum absolute atomic E-state index is 11.8. The van der Waals surface area contributed by atoms with Gasteiger partial charge in [-0.25, -0.2) is 0 Å². The fourth-order valence-corrected chi connectivity index (χ4v) is 3.09. The lowest BCUT2D eigenvalue weighted by Crippen LogP contribution is -2.40. The van der Waals surface area contributed by atoms with E-state index >= 15 is 0 Å². The van der Waals surface area contributed by atoms with Crippen molar-refractivity contribution in [3.63, 3.8) is 0 Å². The van der Waals surface area contributed by atoms with E-state index in [0.29, 0.717) is 26.3 Å². The predicted octanol–water partition coefficient (Wildman–Crippen LogP) is 4.79. The van der Waals surface area contributed by atoms with Crippen molar-refractivity contribution < 1.29 is 14.3 Å². The minimum atomic E-state index is -0.347. The van der Waals surface area contributed by atoms with Crippen LogP contribution in [-0.2, 0) is 14.3 Å². The zero-order valence-corrected chi connectivity index (χ0v) is 18.3. The fourth-order valence-electron chi connectivity index (χ4n) is 3.09. The maximum atomic E-state index is 11.8. The normalized spacial score (nSPS) is 11.3. The van der Waals surface area contributed by atoms with Crippen LogP contribution in [0.25, 0.3) is 0 Å². The first-order valence-electron chi connectivity index (χ1n) is 11.4. The molecule has 0 radical (unpaired) electrons. The van der Waals surface area contributed by atoms with Crippen molar-refractivity contribution in [3.8, 4) is 0 Å². The summed E-state index contributed by atoms with van der Waals surface area (Å²) in [6.07, 6.45) is 15.9. The lowest BCUT2D eigenvalue weighted by molar-refractivity contribution is -0.140. The lowest BCUT2D eigenvalue weighted by Gasteiger charge is -2.17. The zero-order chi connectivity index (χ0) is 20.0. The molecule has 0 aromatic rings. The average Bonchev–Trinajstić information content (AvgIpc) is 2.66. The van der Waals surface area contributed by atoms with Crippen LogP contribution in [0.2, 0.25) is 0 Å². The Morgan fingerprint density at radius 3 is 1.70 bits per heavy atom. The molecule has 0 fully saturated rings. The van der Waals surface area contributed by atoms with Crippen LogP contribution in [0.4, 0.5) is 0 Å². The number of unbranched alkanes of at least 4 members (excludes halogenated alkanes) is 11. The standard InChI is InChI=1S/C22H46N2O3/c1-4-7-8-9-10-11-12-13-14-15-16-17-18-23-19-21(25)24-20-22(26-5-2)27-6-3/h22-23H,4-20H2,1-3H3,(H,24,25). The van der Waals surface area contributed by atoms with Gasteiger partial charge in [0.05, 0.1) is 13.1 Å². The van der Waals surface area contributed by atoms with E-state index in [9.17, 15) is 4.79 Å². The predicted molar refractivity (Wildman–Crippen MR) is 114 cm³/mol. The van der Waals surface area contributed by atoms with Gasteiger partial charge in [0.1, 0.15) is 0 Å². The second-order valence-electron chi connectivity index (χ2n) is 7.21. The number of carbonyl (C=O) groups is 1. The summed E-state index contributed by atoms with van der Waals surface area (Å²) >= 11 is 0. The summed E-state index contributed by atoms with van der Waals surface area (Å²) in [5.41, 5.74) is 0. The van der Waals surface area contributed by atoms with Gasteiger partial charge in [-0.2, -0.15) is 0 Å².